The maximum Gasteiger partial charge on any atom is 0.191 e. The summed E-state index contributed by atoms with van der Waals surface area (Å²) in [7, 11) is 0. The Hall–Kier alpha value is 0.900. The van der Waals surface area contributed by atoms with E-state index in [1.54, 1.807) is 0 Å². The second-order valence-electron chi connectivity index (χ2n) is 4.71. The standard InChI is InChI=1S/C11H16Cl4/c1-10(2,12)9-5-3-8(4-6-9)7-11(13,14)15/h3,5,8-9H,4,6-7H2,1-2H3. The highest BCUT2D eigenvalue weighted by Crippen LogP contribution is 2.40. The van der Waals surface area contributed by atoms with Crippen molar-refractivity contribution >= 4 is 46.4 Å². The van der Waals surface area contributed by atoms with Crippen LogP contribution in [0, 0.1) is 11.8 Å². The van der Waals surface area contributed by atoms with Crippen molar-refractivity contribution in [1.82, 2.24) is 0 Å². The first-order valence-corrected chi connectivity index (χ1v) is 6.63. The zero-order valence-corrected chi connectivity index (χ0v) is 12.0. The fraction of sp³-hybridized carbons (Fsp3) is 0.818. The van der Waals surface area contributed by atoms with Gasteiger partial charge >= 0.3 is 0 Å². The molecular formula is C11H16Cl4. The van der Waals surface area contributed by atoms with Crippen LogP contribution in [0.1, 0.15) is 33.1 Å². The minimum atomic E-state index is -1.14. The zero-order valence-electron chi connectivity index (χ0n) is 8.94. The Bertz CT molecular complexity index is 234. The van der Waals surface area contributed by atoms with Crippen molar-refractivity contribution in [3.05, 3.63) is 12.2 Å². The fourth-order valence-electron chi connectivity index (χ4n) is 1.92. The molecular weight excluding hydrogens is 274 g/mol. The van der Waals surface area contributed by atoms with E-state index < -0.39 is 3.79 Å². The summed E-state index contributed by atoms with van der Waals surface area (Å²) in [6.45, 7) is 4.08. The third kappa shape index (κ3) is 5.17. The Morgan fingerprint density at radius 1 is 1.07 bits per heavy atom. The summed E-state index contributed by atoms with van der Waals surface area (Å²) in [5.74, 6) is 0.790. The number of alkyl halides is 4. The van der Waals surface area contributed by atoms with Gasteiger partial charge in [-0.05, 0) is 38.5 Å². The summed E-state index contributed by atoms with van der Waals surface area (Å²) in [5.41, 5.74) is 0. The predicted octanol–water partition coefficient (Wildman–Crippen LogP) is 5.35. The van der Waals surface area contributed by atoms with Crippen LogP contribution in [0.25, 0.3) is 0 Å². The van der Waals surface area contributed by atoms with Gasteiger partial charge in [0, 0.05) is 11.3 Å². The fourth-order valence-corrected chi connectivity index (χ4v) is 2.69. The lowest BCUT2D eigenvalue weighted by atomic mass is 9.81. The molecule has 15 heavy (non-hydrogen) atoms. The maximum absolute atomic E-state index is 6.26. The lowest BCUT2D eigenvalue weighted by Gasteiger charge is -2.31. The molecule has 2 unspecified atom stereocenters. The highest BCUT2D eigenvalue weighted by molar-refractivity contribution is 6.67. The van der Waals surface area contributed by atoms with Gasteiger partial charge in [-0.1, -0.05) is 47.0 Å². The molecule has 0 nitrogen and oxygen atoms in total. The zero-order chi connectivity index (χ0) is 11.7. The lowest BCUT2D eigenvalue weighted by molar-refractivity contribution is 0.386. The van der Waals surface area contributed by atoms with Crippen molar-refractivity contribution in [3.63, 3.8) is 0 Å². The Morgan fingerprint density at radius 3 is 2.00 bits per heavy atom. The van der Waals surface area contributed by atoms with Gasteiger partial charge in [0.25, 0.3) is 0 Å². The van der Waals surface area contributed by atoms with E-state index in [0.717, 1.165) is 12.8 Å². The van der Waals surface area contributed by atoms with Crippen molar-refractivity contribution in [3.8, 4) is 0 Å². The molecule has 0 fully saturated rings. The van der Waals surface area contributed by atoms with E-state index in [1.807, 2.05) is 13.8 Å². The Kier molecular flexibility index (Phi) is 4.69. The highest BCUT2D eigenvalue weighted by atomic mass is 35.6. The summed E-state index contributed by atoms with van der Waals surface area (Å²) < 4.78 is -1.14. The molecule has 4 heteroatoms. The van der Waals surface area contributed by atoms with Crippen molar-refractivity contribution in [2.24, 2.45) is 11.8 Å². The average Bonchev–Trinajstić information content (AvgIpc) is 2.00. The number of allylic oxidation sites excluding steroid dienone is 2. The van der Waals surface area contributed by atoms with E-state index in [1.165, 1.54) is 0 Å². The van der Waals surface area contributed by atoms with Crippen LogP contribution in [-0.4, -0.2) is 8.67 Å². The average molecular weight is 290 g/mol. The van der Waals surface area contributed by atoms with E-state index in [-0.39, 0.29) is 4.87 Å². The molecule has 0 aromatic carbocycles. The molecule has 0 N–H and O–H groups in total. The van der Waals surface area contributed by atoms with Gasteiger partial charge in [0.15, 0.2) is 3.79 Å². The van der Waals surface area contributed by atoms with E-state index in [4.69, 9.17) is 46.4 Å². The van der Waals surface area contributed by atoms with Gasteiger partial charge in [0.2, 0.25) is 0 Å². The summed E-state index contributed by atoms with van der Waals surface area (Å²) in [5, 5.41) is 0. The molecule has 0 saturated heterocycles. The molecule has 0 aromatic heterocycles. The quantitative estimate of drug-likeness (QED) is 0.475. The van der Waals surface area contributed by atoms with E-state index in [0.29, 0.717) is 18.3 Å². The molecule has 0 spiro atoms. The Morgan fingerprint density at radius 2 is 1.67 bits per heavy atom. The lowest BCUT2D eigenvalue weighted by Crippen LogP contribution is -2.26. The molecule has 1 rings (SSSR count). The van der Waals surface area contributed by atoms with Gasteiger partial charge in [-0.15, -0.1) is 11.6 Å². The molecule has 0 heterocycles. The molecule has 88 valence electrons. The van der Waals surface area contributed by atoms with Gasteiger partial charge in [-0.3, -0.25) is 0 Å². The molecule has 0 amide bonds. The Balaban J connectivity index is 2.52. The summed E-state index contributed by atoms with van der Waals surface area (Å²) in [4.78, 5) is -0.179. The van der Waals surface area contributed by atoms with Gasteiger partial charge in [0.05, 0.1) is 0 Å². The third-order valence-electron chi connectivity index (χ3n) is 2.84. The molecule has 1 aliphatic rings. The Labute approximate surface area is 112 Å². The largest absolute Gasteiger partial charge is 0.191 e. The first-order valence-electron chi connectivity index (χ1n) is 5.12. The van der Waals surface area contributed by atoms with Crippen LogP contribution in [0.4, 0.5) is 0 Å². The van der Waals surface area contributed by atoms with Crippen LogP contribution in [0.3, 0.4) is 0 Å². The van der Waals surface area contributed by atoms with Crippen molar-refractivity contribution in [1.29, 1.82) is 0 Å². The van der Waals surface area contributed by atoms with Crippen molar-refractivity contribution in [2.75, 3.05) is 0 Å². The topological polar surface area (TPSA) is 0 Å². The van der Waals surface area contributed by atoms with Crippen LogP contribution in [0.2, 0.25) is 0 Å². The van der Waals surface area contributed by atoms with E-state index in [9.17, 15) is 0 Å². The molecule has 0 saturated carbocycles. The summed E-state index contributed by atoms with van der Waals surface area (Å²) in [6.07, 6.45) is 7.00. The molecule has 0 radical (unpaired) electrons. The number of halogens is 4. The first kappa shape index (κ1) is 14.0. The van der Waals surface area contributed by atoms with Gasteiger partial charge < -0.3 is 0 Å². The molecule has 2 atom stereocenters. The summed E-state index contributed by atoms with van der Waals surface area (Å²) in [6, 6.07) is 0. The van der Waals surface area contributed by atoms with Crippen LogP contribution >= 0.6 is 46.4 Å². The van der Waals surface area contributed by atoms with Crippen LogP contribution in [-0.2, 0) is 0 Å². The third-order valence-corrected chi connectivity index (χ3v) is 3.58. The number of hydrogen-bond acceptors (Lipinski definition) is 0. The first-order chi connectivity index (χ1) is 6.68. The molecule has 0 bridgehead atoms. The minimum absolute atomic E-state index is 0.179. The predicted molar refractivity (Wildman–Crippen MR) is 70.2 cm³/mol. The van der Waals surface area contributed by atoms with Crippen LogP contribution < -0.4 is 0 Å². The normalized spacial score (nSPS) is 28.1. The van der Waals surface area contributed by atoms with Crippen molar-refractivity contribution in [2.45, 2.75) is 41.8 Å². The minimum Gasteiger partial charge on any atom is -0.119 e. The highest BCUT2D eigenvalue weighted by Gasteiger charge is 2.31. The second-order valence-corrected chi connectivity index (χ2v) is 8.20. The van der Waals surface area contributed by atoms with E-state index >= 15 is 0 Å². The van der Waals surface area contributed by atoms with Gasteiger partial charge in [0.1, 0.15) is 0 Å². The maximum atomic E-state index is 6.26. The van der Waals surface area contributed by atoms with Crippen LogP contribution in [0.5, 0.6) is 0 Å². The molecule has 0 aromatic rings. The smallest absolute Gasteiger partial charge is 0.119 e. The monoisotopic (exact) mass is 288 g/mol. The SMILES string of the molecule is CC(C)(Cl)C1C=CC(CC(Cl)(Cl)Cl)CC1. The number of rotatable bonds is 2. The van der Waals surface area contributed by atoms with Gasteiger partial charge in [-0.25, -0.2) is 0 Å². The van der Waals surface area contributed by atoms with Gasteiger partial charge in [-0.2, -0.15) is 0 Å². The van der Waals surface area contributed by atoms with E-state index in [2.05, 4.69) is 12.2 Å². The second kappa shape index (κ2) is 5.04. The van der Waals surface area contributed by atoms with Crippen LogP contribution in [0.15, 0.2) is 12.2 Å². The van der Waals surface area contributed by atoms with Crippen molar-refractivity contribution < 1.29 is 0 Å². The molecule has 1 aliphatic carbocycles. The summed E-state index contributed by atoms with van der Waals surface area (Å²) >= 11 is 23.6. The number of hydrogen-bond donors (Lipinski definition) is 0. The molecule has 0 aliphatic heterocycles.